The molecule has 1 aromatic carbocycles. The second-order valence-electron chi connectivity index (χ2n) is 6.28. The van der Waals surface area contributed by atoms with Crippen LogP contribution in [0.25, 0.3) is 0 Å². The third-order valence-electron chi connectivity index (χ3n) is 4.07. The molecule has 1 N–H and O–H groups in total. The molecule has 1 aliphatic heterocycles. The molecular weight excluding hydrogens is 220 g/mol. The number of hydrogen-bond donors (Lipinski definition) is 1. The molecule has 1 atom stereocenters. The first kappa shape index (κ1) is 13.6. The van der Waals surface area contributed by atoms with Crippen molar-refractivity contribution in [3.8, 4) is 0 Å². The summed E-state index contributed by atoms with van der Waals surface area (Å²) in [5, 5.41) is 3.58. The Hall–Kier alpha value is -0.860. The van der Waals surface area contributed by atoms with E-state index in [1.807, 2.05) is 0 Å². The molecule has 1 aromatic rings. The van der Waals surface area contributed by atoms with E-state index in [0.717, 1.165) is 19.6 Å². The summed E-state index contributed by atoms with van der Waals surface area (Å²) in [7, 11) is 0. The van der Waals surface area contributed by atoms with Crippen molar-refractivity contribution < 1.29 is 0 Å². The maximum atomic E-state index is 3.58. The highest BCUT2D eigenvalue weighted by atomic mass is 15.2. The first-order valence-electron chi connectivity index (χ1n) is 7.01. The summed E-state index contributed by atoms with van der Waals surface area (Å²) in [5.41, 5.74) is 3.04. The van der Waals surface area contributed by atoms with Gasteiger partial charge in [0.15, 0.2) is 0 Å². The number of hydrogen-bond acceptors (Lipinski definition) is 2. The molecular formula is C16H26N2. The molecule has 0 aromatic heterocycles. The van der Waals surface area contributed by atoms with E-state index >= 15 is 0 Å². The van der Waals surface area contributed by atoms with Gasteiger partial charge in [0.25, 0.3) is 0 Å². The first-order chi connectivity index (χ1) is 8.47. The largest absolute Gasteiger partial charge is 0.313 e. The Bertz CT molecular complexity index is 381. The normalized spacial score (nSPS) is 24.8. The SMILES string of the molecule is Cc1ccc(CN2CC(C)NCCC2(C)C)cc1. The van der Waals surface area contributed by atoms with Crippen LogP contribution in [0, 0.1) is 6.92 Å². The van der Waals surface area contributed by atoms with E-state index in [0.29, 0.717) is 6.04 Å². The van der Waals surface area contributed by atoms with Crippen molar-refractivity contribution in [2.75, 3.05) is 13.1 Å². The molecule has 100 valence electrons. The van der Waals surface area contributed by atoms with Gasteiger partial charge in [0.05, 0.1) is 0 Å². The average molecular weight is 246 g/mol. The highest BCUT2D eigenvalue weighted by Gasteiger charge is 2.30. The second kappa shape index (κ2) is 5.41. The highest BCUT2D eigenvalue weighted by molar-refractivity contribution is 5.21. The van der Waals surface area contributed by atoms with Crippen LogP contribution in [0.2, 0.25) is 0 Å². The summed E-state index contributed by atoms with van der Waals surface area (Å²) in [6, 6.07) is 9.52. The third kappa shape index (κ3) is 3.33. The lowest BCUT2D eigenvalue weighted by Crippen LogP contribution is -2.45. The molecule has 2 nitrogen and oxygen atoms in total. The molecule has 0 amide bonds. The zero-order valence-corrected chi connectivity index (χ0v) is 12.2. The van der Waals surface area contributed by atoms with Crippen LogP contribution in [0.4, 0.5) is 0 Å². The van der Waals surface area contributed by atoms with Gasteiger partial charge in [-0.05, 0) is 46.2 Å². The van der Waals surface area contributed by atoms with Crippen molar-refractivity contribution in [2.45, 2.75) is 52.2 Å². The van der Waals surface area contributed by atoms with Gasteiger partial charge in [-0.1, -0.05) is 29.8 Å². The van der Waals surface area contributed by atoms with Crippen LogP contribution in [0.5, 0.6) is 0 Å². The first-order valence-corrected chi connectivity index (χ1v) is 7.01. The minimum atomic E-state index is 0.280. The van der Waals surface area contributed by atoms with Crippen molar-refractivity contribution in [1.29, 1.82) is 0 Å². The molecule has 1 saturated heterocycles. The molecule has 1 unspecified atom stereocenters. The van der Waals surface area contributed by atoms with Crippen LogP contribution in [-0.2, 0) is 6.54 Å². The second-order valence-corrected chi connectivity index (χ2v) is 6.28. The Kier molecular flexibility index (Phi) is 4.08. The maximum absolute atomic E-state index is 3.58. The van der Waals surface area contributed by atoms with Crippen molar-refractivity contribution >= 4 is 0 Å². The van der Waals surface area contributed by atoms with Crippen LogP contribution < -0.4 is 5.32 Å². The van der Waals surface area contributed by atoms with Crippen LogP contribution in [0.15, 0.2) is 24.3 Å². The van der Waals surface area contributed by atoms with Gasteiger partial charge in [-0.2, -0.15) is 0 Å². The minimum absolute atomic E-state index is 0.280. The van der Waals surface area contributed by atoms with Gasteiger partial charge in [-0.25, -0.2) is 0 Å². The van der Waals surface area contributed by atoms with E-state index < -0.39 is 0 Å². The highest BCUT2D eigenvalue weighted by Crippen LogP contribution is 2.23. The summed E-state index contributed by atoms with van der Waals surface area (Å²) in [5.74, 6) is 0. The Labute approximate surface area is 111 Å². The smallest absolute Gasteiger partial charge is 0.0239 e. The predicted octanol–water partition coefficient (Wildman–Crippen LogP) is 2.96. The lowest BCUT2D eigenvalue weighted by atomic mass is 9.97. The monoisotopic (exact) mass is 246 g/mol. The summed E-state index contributed by atoms with van der Waals surface area (Å²) < 4.78 is 0. The van der Waals surface area contributed by atoms with E-state index in [2.05, 4.69) is 62.2 Å². The molecule has 1 fully saturated rings. The molecule has 0 aliphatic carbocycles. The van der Waals surface area contributed by atoms with Gasteiger partial charge in [-0.3, -0.25) is 4.90 Å². The fourth-order valence-electron chi connectivity index (χ4n) is 2.62. The molecule has 1 heterocycles. The van der Waals surface area contributed by atoms with Crippen molar-refractivity contribution in [3.63, 3.8) is 0 Å². The van der Waals surface area contributed by atoms with E-state index in [-0.39, 0.29) is 5.54 Å². The summed E-state index contributed by atoms with van der Waals surface area (Å²) in [6.45, 7) is 12.5. The van der Waals surface area contributed by atoms with Gasteiger partial charge < -0.3 is 5.32 Å². The quantitative estimate of drug-likeness (QED) is 0.863. The fraction of sp³-hybridized carbons (Fsp3) is 0.625. The van der Waals surface area contributed by atoms with Crippen molar-refractivity contribution in [2.24, 2.45) is 0 Å². The molecule has 0 spiro atoms. The van der Waals surface area contributed by atoms with E-state index in [9.17, 15) is 0 Å². The Morgan fingerprint density at radius 3 is 2.61 bits per heavy atom. The van der Waals surface area contributed by atoms with Gasteiger partial charge in [0, 0.05) is 24.7 Å². The summed E-state index contributed by atoms with van der Waals surface area (Å²) in [4.78, 5) is 2.61. The number of nitrogens with one attached hydrogen (secondary N) is 1. The van der Waals surface area contributed by atoms with Crippen LogP contribution in [0.3, 0.4) is 0 Å². The zero-order chi connectivity index (χ0) is 13.2. The lowest BCUT2D eigenvalue weighted by Gasteiger charge is -2.37. The van der Waals surface area contributed by atoms with E-state index in [1.54, 1.807) is 0 Å². The Balaban J connectivity index is 2.11. The van der Waals surface area contributed by atoms with Crippen LogP contribution in [0.1, 0.15) is 38.3 Å². The van der Waals surface area contributed by atoms with Gasteiger partial charge in [0.1, 0.15) is 0 Å². The number of nitrogens with zero attached hydrogens (tertiary/aromatic N) is 1. The predicted molar refractivity (Wildman–Crippen MR) is 77.7 cm³/mol. The molecule has 1 aliphatic rings. The number of benzene rings is 1. The van der Waals surface area contributed by atoms with E-state index in [4.69, 9.17) is 0 Å². The summed E-state index contributed by atoms with van der Waals surface area (Å²) in [6.07, 6.45) is 1.21. The van der Waals surface area contributed by atoms with Gasteiger partial charge >= 0.3 is 0 Å². The summed E-state index contributed by atoms with van der Waals surface area (Å²) >= 11 is 0. The molecule has 2 rings (SSSR count). The lowest BCUT2D eigenvalue weighted by molar-refractivity contribution is 0.112. The topological polar surface area (TPSA) is 15.3 Å². The van der Waals surface area contributed by atoms with Crippen molar-refractivity contribution in [3.05, 3.63) is 35.4 Å². The third-order valence-corrected chi connectivity index (χ3v) is 4.07. The van der Waals surface area contributed by atoms with Gasteiger partial charge in [0.2, 0.25) is 0 Å². The van der Waals surface area contributed by atoms with E-state index in [1.165, 1.54) is 17.5 Å². The Morgan fingerprint density at radius 2 is 1.94 bits per heavy atom. The van der Waals surface area contributed by atoms with Crippen LogP contribution in [-0.4, -0.2) is 29.6 Å². The number of aryl methyl sites for hydroxylation is 1. The van der Waals surface area contributed by atoms with Crippen LogP contribution >= 0.6 is 0 Å². The molecule has 0 saturated carbocycles. The molecule has 0 radical (unpaired) electrons. The Morgan fingerprint density at radius 1 is 1.28 bits per heavy atom. The molecule has 2 heteroatoms. The van der Waals surface area contributed by atoms with Crippen molar-refractivity contribution in [1.82, 2.24) is 10.2 Å². The standard InChI is InChI=1S/C16H26N2/c1-13-5-7-15(8-6-13)12-18-11-14(2)17-10-9-16(18,3)4/h5-8,14,17H,9-12H2,1-4H3. The minimum Gasteiger partial charge on any atom is -0.313 e. The zero-order valence-electron chi connectivity index (χ0n) is 12.2. The molecule has 18 heavy (non-hydrogen) atoms. The molecule has 0 bridgehead atoms. The van der Waals surface area contributed by atoms with Gasteiger partial charge in [-0.15, -0.1) is 0 Å². The fourth-order valence-corrected chi connectivity index (χ4v) is 2.62. The maximum Gasteiger partial charge on any atom is 0.0239 e. The average Bonchev–Trinajstić information content (AvgIpc) is 2.42. The number of rotatable bonds is 2.